The van der Waals surface area contributed by atoms with Crippen LogP contribution in [0.2, 0.25) is 0 Å². The molecule has 5 heteroatoms. The molecule has 2 N–H and O–H groups in total. The Hall–Kier alpha value is -1.88. The Labute approximate surface area is 124 Å². The van der Waals surface area contributed by atoms with Gasteiger partial charge in [0.15, 0.2) is 0 Å². The third-order valence-electron chi connectivity index (χ3n) is 4.30. The van der Waals surface area contributed by atoms with Crippen LogP contribution in [0.15, 0.2) is 30.3 Å². The van der Waals surface area contributed by atoms with Crippen LogP contribution < -0.4 is 0 Å². The predicted molar refractivity (Wildman–Crippen MR) is 77.9 cm³/mol. The van der Waals surface area contributed by atoms with Crippen LogP contribution in [0.4, 0.5) is 0 Å². The van der Waals surface area contributed by atoms with Gasteiger partial charge in [0.1, 0.15) is 0 Å². The van der Waals surface area contributed by atoms with Gasteiger partial charge in [-0.05, 0) is 25.3 Å². The summed E-state index contributed by atoms with van der Waals surface area (Å²) in [4.78, 5) is 25.8. The minimum Gasteiger partial charge on any atom is -0.481 e. The number of amides is 1. The van der Waals surface area contributed by atoms with E-state index >= 15 is 0 Å². The minimum atomic E-state index is -1.25. The van der Waals surface area contributed by atoms with Crippen molar-refractivity contribution in [2.75, 3.05) is 13.2 Å². The second kappa shape index (κ2) is 6.26. The molecule has 1 heterocycles. The van der Waals surface area contributed by atoms with E-state index in [1.54, 1.807) is 36.1 Å². The van der Waals surface area contributed by atoms with E-state index in [0.717, 1.165) is 12.8 Å². The Balaban J connectivity index is 2.21. The van der Waals surface area contributed by atoms with E-state index in [1.807, 2.05) is 6.07 Å². The lowest BCUT2D eigenvalue weighted by Crippen LogP contribution is -2.43. The van der Waals surface area contributed by atoms with Crippen LogP contribution in [0.5, 0.6) is 0 Å². The van der Waals surface area contributed by atoms with Gasteiger partial charge in [-0.2, -0.15) is 0 Å². The second-order valence-corrected chi connectivity index (χ2v) is 5.75. The molecule has 0 bridgehead atoms. The Bertz CT molecular complexity index is 516. The van der Waals surface area contributed by atoms with E-state index in [9.17, 15) is 19.8 Å². The molecule has 0 saturated carbocycles. The lowest BCUT2D eigenvalue weighted by atomic mass is 9.79. The van der Waals surface area contributed by atoms with Crippen molar-refractivity contribution in [1.82, 2.24) is 4.90 Å². The van der Waals surface area contributed by atoms with Crippen LogP contribution in [0.25, 0.3) is 0 Å². The lowest BCUT2D eigenvalue weighted by molar-refractivity contribution is -0.148. The van der Waals surface area contributed by atoms with Gasteiger partial charge in [0.25, 0.3) is 0 Å². The molecule has 1 fully saturated rings. The highest BCUT2D eigenvalue weighted by atomic mass is 16.4. The van der Waals surface area contributed by atoms with E-state index in [0.29, 0.717) is 12.1 Å². The summed E-state index contributed by atoms with van der Waals surface area (Å²) < 4.78 is 0. The summed E-state index contributed by atoms with van der Waals surface area (Å²) in [6.07, 6.45) is 1.53. The van der Waals surface area contributed by atoms with E-state index in [1.165, 1.54) is 0 Å². The maximum atomic E-state index is 12.5. The number of hydrogen-bond donors (Lipinski definition) is 2. The number of carboxylic acid groups (broad SMARTS) is 1. The first-order valence-electron chi connectivity index (χ1n) is 7.18. The fourth-order valence-corrected chi connectivity index (χ4v) is 2.87. The van der Waals surface area contributed by atoms with Gasteiger partial charge in [-0.3, -0.25) is 9.59 Å². The van der Waals surface area contributed by atoms with Gasteiger partial charge in [-0.15, -0.1) is 0 Å². The van der Waals surface area contributed by atoms with Crippen molar-refractivity contribution < 1.29 is 19.8 Å². The van der Waals surface area contributed by atoms with E-state index in [4.69, 9.17) is 0 Å². The zero-order valence-corrected chi connectivity index (χ0v) is 12.2. The number of aliphatic carboxylic acids is 1. The van der Waals surface area contributed by atoms with Crippen molar-refractivity contribution in [3.63, 3.8) is 0 Å². The quantitative estimate of drug-likeness (QED) is 0.859. The van der Waals surface area contributed by atoms with Crippen LogP contribution in [-0.2, 0) is 15.0 Å². The van der Waals surface area contributed by atoms with Crippen LogP contribution in [0.3, 0.4) is 0 Å². The summed E-state index contributed by atoms with van der Waals surface area (Å²) in [5.41, 5.74) is -0.633. The third-order valence-corrected chi connectivity index (χ3v) is 4.30. The SMILES string of the molecule is CC(CC(=O)N1CCC[C@@H]1CO)(C(=O)O)c1ccccc1. The van der Waals surface area contributed by atoms with Crippen molar-refractivity contribution >= 4 is 11.9 Å². The first-order chi connectivity index (χ1) is 9.99. The van der Waals surface area contributed by atoms with Gasteiger partial charge < -0.3 is 15.1 Å². The monoisotopic (exact) mass is 291 g/mol. The summed E-state index contributed by atoms with van der Waals surface area (Å²) in [6.45, 7) is 2.10. The first-order valence-corrected chi connectivity index (χ1v) is 7.18. The highest BCUT2D eigenvalue weighted by Gasteiger charge is 2.40. The summed E-state index contributed by atoms with van der Waals surface area (Å²) >= 11 is 0. The molecule has 114 valence electrons. The van der Waals surface area contributed by atoms with Gasteiger partial charge >= 0.3 is 5.97 Å². The number of nitrogens with zero attached hydrogens (tertiary/aromatic N) is 1. The zero-order valence-electron chi connectivity index (χ0n) is 12.2. The Kier molecular flexibility index (Phi) is 4.63. The fourth-order valence-electron chi connectivity index (χ4n) is 2.87. The van der Waals surface area contributed by atoms with Gasteiger partial charge in [0.05, 0.1) is 18.1 Å². The van der Waals surface area contributed by atoms with E-state index in [2.05, 4.69) is 0 Å². The minimum absolute atomic E-state index is 0.0686. The van der Waals surface area contributed by atoms with Crippen molar-refractivity contribution in [2.24, 2.45) is 0 Å². The van der Waals surface area contributed by atoms with Gasteiger partial charge in [-0.1, -0.05) is 30.3 Å². The van der Waals surface area contributed by atoms with E-state index < -0.39 is 11.4 Å². The number of carbonyl (C=O) groups is 2. The molecule has 0 aliphatic carbocycles. The maximum absolute atomic E-state index is 12.5. The average Bonchev–Trinajstić information content (AvgIpc) is 2.96. The smallest absolute Gasteiger partial charge is 0.314 e. The summed E-state index contributed by atoms with van der Waals surface area (Å²) in [7, 11) is 0. The Morgan fingerprint density at radius 1 is 1.33 bits per heavy atom. The highest BCUT2D eigenvalue weighted by molar-refractivity contribution is 5.89. The Morgan fingerprint density at radius 3 is 2.57 bits per heavy atom. The molecule has 1 aliphatic rings. The molecule has 0 spiro atoms. The second-order valence-electron chi connectivity index (χ2n) is 5.75. The number of benzene rings is 1. The molecule has 5 nitrogen and oxygen atoms in total. The van der Waals surface area contributed by atoms with Crippen LogP contribution in [-0.4, -0.2) is 46.2 Å². The lowest BCUT2D eigenvalue weighted by Gasteiger charge is -2.29. The van der Waals surface area contributed by atoms with Gasteiger partial charge in [-0.25, -0.2) is 0 Å². The number of carbonyl (C=O) groups excluding carboxylic acids is 1. The van der Waals surface area contributed by atoms with Crippen LogP contribution in [0, 0.1) is 0 Å². The molecule has 0 aromatic heterocycles. The standard InChI is InChI=1S/C16H21NO4/c1-16(15(20)21,12-6-3-2-4-7-12)10-14(19)17-9-5-8-13(17)11-18/h2-4,6-7,13,18H,5,8-11H2,1H3,(H,20,21)/t13-,16?/m1/s1. The first kappa shape index (κ1) is 15.5. The van der Waals surface area contributed by atoms with Crippen molar-refractivity contribution in [2.45, 2.75) is 37.6 Å². The molecule has 2 atom stereocenters. The van der Waals surface area contributed by atoms with Crippen molar-refractivity contribution in [3.8, 4) is 0 Å². The molecule has 21 heavy (non-hydrogen) atoms. The molecular formula is C16H21NO4. The molecule has 1 aromatic rings. The molecule has 2 rings (SSSR count). The molecule has 1 unspecified atom stereocenters. The number of carboxylic acids is 1. The molecule has 0 radical (unpaired) electrons. The zero-order chi connectivity index (χ0) is 15.5. The number of rotatable bonds is 5. The van der Waals surface area contributed by atoms with Gasteiger partial charge in [0, 0.05) is 13.0 Å². The normalized spacial score (nSPS) is 21.0. The third kappa shape index (κ3) is 3.08. The molecule has 1 saturated heterocycles. The van der Waals surface area contributed by atoms with E-state index in [-0.39, 0.29) is 25.0 Å². The topological polar surface area (TPSA) is 77.8 Å². The largest absolute Gasteiger partial charge is 0.481 e. The Morgan fingerprint density at radius 2 is 2.00 bits per heavy atom. The molecule has 1 aromatic carbocycles. The fraction of sp³-hybridized carbons (Fsp3) is 0.500. The van der Waals surface area contributed by atoms with Crippen LogP contribution in [0.1, 0.15) is 31.7 Å². The maximum Gasteiger partial charge on any atom is 0.314 e. The van der Waals surface area contributed by atoms with Gasteiger partial charge in [0.2, 0.25) is 5.91 Å². The predicted octanol–water partition coefficient (Wildman–Crippen LogP) is 1.40. The number of aliphatic hydroxyl groups excluding tert-OH is 1. The molecule has 1 aliphatic heterocycles. The van der Waals surface area contributed by atoms with Crippen molar-refractivity contribution in [3.05, 3.63) is 35.9 Å². The van der Waals surface area contributed by atoms with Crippen molar-refractivity contribution in [1.29, 1.82) is 0 Å². The summed E-state index contributed by atoms with van der Waals surface area (Å²) in [5, 5.41) is 18.9. The number of hydrogen-bond acceptors (Lipinski definition) is 3. The molecule has 1 amide bonds. The summed E-state index contributed by atoms with van der Waals surface area (Å²) in [6, 6.07) is 8.65. The van der Waals surface area contributed by atoms with Crippen LogP contribution >= 0.6 is 0 Å². The average molecular weight is 291 g/mol. The number of likely N-dealkylation sites (tertiary alicyclic amines) is 1. The number of aliphatic hydroxyl groups is 1. The molecular weight excluding hydrogens is 270 g/mol. The highest BCUT2D eigenvalue weighted by Crippen LogP contribution is 2.30. The summed E-state index contributed by atoms with van der Waals surface area (Å²) in [5.74, 6) is -1.22.